The van der Waals surface area contributed by atoms with Crippen LogP contribution in [-0.2, 0) is 0 Å². The second kappa shape index (κ2) is 9.40. The van der Waals surface area contributed by atoms with Crippen LogP contribution in [0.5, 0.6) is 17.2 Å². The van der Waals surface area contributed by atoms with Gasteiger partial charge in [-0.15, -0.1) is 0 Å². The Balaban J connectivity index is 1.65. The number of pyridine rings is 1. The number of hydrazone groups is 1. The summed E-state index contributed by atoms with van der Waals surface area (Å²) in [6, 6.07) is 20.4. The number of amides is 1. The number of carbonyl (C=O) groups excluding carboxylic acids is 1. The summed E-state index contributed by atoms with van der Waals surface area (Å²) in [5.74, 6) is 0.0129. The van der Waals surface area contributed by atoms with E-state index in [1.54, 1.807) is 18.2 Å². The first-order valence-corrected chi connectivity index (χ1v) is 10.3. The molecule has 0 aliphatic heterocycles. The van der Waals surface area contributed by atoms with Crippen molar-refractivity contribution in [2.24, 2.45) is 5.10 Å². The molecular weight excluding hydrogens is 418 g/mol. The van der Waals surface area contributed by atoms with Crippen molar-refractivity contribution in [3.05, 3.63) is 83.4 Å². The van der Waals surface area contributed by atoms with Gasteiger partial charge in [0.1, 0.15) is 0 Å². The predicted octanol–water partition coefficient (Wildman–Crippen LogP) is 4.70. The number of aryl methyl sites for hydroxylation is 1. The van der Waals surface area contributed by atoms with E-state index in [1.807, 2.05) is 55.5 Å². The number of nitrogens with zero attached hydrogens (tertiary/aromatic N) is 2. The van der Waals surface area contributed by atoms with Gasteiger partial charge in [0.25, 0.3) is 5.91 Å². The zero-order chi connectivity index (χ0) is 23.4. The number of nitrogens with one attached hydrogen (secondary N) is 1. The van der Waals surface area contributed by atoms with Gasteiger partial charge in [-0.05, 0) is 31.2 Å². The number of carbonyl (C=O) groups is 1. The third-order valence-electron chi connectivity index (χ3n) is 5.19. The van der Waals surface area contributed by atoms with Gasteiger partial charge >= 0.3 is 0 Å². The van der Waals surface area contributed by atoms with E-state index in [0.29, 0.717) is 16.8 Å². The molecule has 33 heavy (non-hydrogen) atoms. The number of ether oxygens (including phenoxy) is 2. The maximum absolute atomic E-state index is 13.0. The zero-order valence-electron chi connectivity index (χ0n) is 18.5. The highest BCUT2D eigenvalue weighted by Crippen LogP contribution is 2.36. The zero-order valence-corrected chi connectivity index (χ0v) is 18.5. The fourth-order valence-electron chi connectivity index (χ4n) is 3.45. The van der Waals surface area contributed by atoms with Crippen LogP contribution in [0.2, 0.25) is 0 Å². The van der Waals surface area contributed by atoms with E-state index in [-0.39, 0.29) is 23.2 Å². The van der Waals surface area contributed by atoms with Crippen LogP contribution in [0, 0.1) is 6.92 Å². The van der Waals surface area contributed by atoms with Gasteiger partial charge in [0.15, 0.2) is 11.5 Å². The average Bonchev–Trinajstić information content (AvgIpc) is 2.84. The predicted molar refractivity (Wildman–Crippen MR) is 128 cm³/mol. The van der Waals surface area contributed by atoms with Gasteiger partial charge in [-0.1, -0.05) is 48.0 Å². The van der Waals surface area contributed by atoms with Crippen molar-refractivity contribution in [2.75, 3.05) is 14.2 Å². The number of phenolic OH excluding ortho intramolecular Hbond substituents is 1. The molecule has 0 saturated heterocycles. The number of benzene rings is 3. The van der Waals surface area contributed by atoms with Crippen molar-refractivity contribution >= 4 is 23.0 Å². The Morgan fingerprint density at radius 1 is 1.00 bits per heavy atom. The number of aromatic hydroxyl groups is 1. The number of fused-ring (bicyclic) bond motifs is 1. The molecule has 0 aliphatic rings. The minimum absolute atomic E-state index is 0.104. The molecular formula is C26H23N3O4. The van der Waals surface area contributed by atoms with Crippen molar-refractivity contribution in [2.45, 2.75) is 6.92 Å². The van der Waals surface area contributed by atoms with Gasteiger partial charge in [-0.3, -0.25) is 4.79 Å². The lowest BCUT2D eigenvalue weighted by atomic mass is 10.0. The molecule has 0 unspecified atom stereocenters. The fraction of sp³-hybridized carbons (Fsp3) is 0.115. The fourth-order valence-corrected chi connectivity index (χ4v) is 3.45. The Kier molecular flexibility index (Phi) is 6.22. The van der Waals surface area contributed by atoms with Crippen molar-refractivity contribution < 1.29 is 19.4 Å². The van der Waals surface area contributed by atoms with Gasteiger partial charge in [0.05, 0.1) is 37.2 Å². The molecule has 0 fully saturated rings. The topological polar surface area (TPSA) is 93.0 Å². The number of hydrogen-bond acceptors (Lipinski definition) is 6. The summed E-state index contributed by atoms with van der Waals surface area (Å²) in [6.45, 7) is 2.02. The third-order valence-corrected chi connectivity index (χ3v) is 5.19. The minimum atomic E-state index is -0.365. The summed E-state index contributed by atoms with van der Waals surface area (Å²) in [5, 5.41) is 14.9. The first-order chi connectivity index (χ1) is 16.0. The number of para-hydroxylation sites is 1. The summed E-state index contributed by atoms with van der Waals surface area (Å²) in [5.41, 5.74) is 7.12. The molecule has 3 aromatic carbocycles. The number of rotatable bonds is 6. The van der Waals surface area contributed by atoms with E-state index in [0.717, 1.165) is 22.0 Å². The van der Waals surface area contributed by atoms with Crippen LogP contribution < -0.4 is 14.9 Å². The highest BCUT2D eigenvalue weighted by atomic mass is 16.5. The van der Waals surface area contributed by atoms with E-state index >= 15 is 0 Å². The highest BCUT2D eigenvalue weighted by Gasteiger charge is 2.14. The Morgan fingerprint density at radius 3 is 2.33 bits per heavy atom. The van der Waals surface area contributed by atoms with Crippen LogP contribution in [0.25, 0.3) is 22.2 Å². The van der Waals surface area contributed by atoms with Gasteiger partial charge in [-0.25, -0.2) is 10.4 Å². The van der Waals surface area contributed by atoms with E-state index in [4.69, 9.17) is 14.5 Å². The van der Waals surface area contributed by atoms with Crippen molar-refractivity contribution in [1.82, 2.24) is 10.4 Å². The molecule has 2 N–H and O–H groups in total. The molecule has 0 atom stereocenters. The largest absolute Gasteiger partial charge is 0.502 e. The number of methoxy groups -OCH3 is 2. The van der Waals surface area contributed by atoms with E-state index in [2.05, 4.69) is 10.5 Å². The van der Waals surface area contributed by atoms with E-state index in [1.165, 1.54) is 20.4 Å². The summed E-state index contributed by atoms with van der Waals surface area (Å²) in [6.07, 6.45) is 1.45. The Bertz CT molecular complexity index is 1320. The molecule has 0 radical (unpaired) electrons. The van der Waals surface area contributed by atoms with Crippen LogP contribution >= 0.6 is 0 Å². The molecule has 1 aromatic heterocycles. The third kappa shape index (κ3) is 4.62. The van der Waals surface area contributed by atoms with Crippen LogP contribution in [0.4, 0.5) is 0 Å². The normalized spacial score (nSPS) is 11.0. The first kappa shape index (κ1) is 21.8. The van der Waals surface area contributed by atoms with Crippen molar-refractivity contribution in [1.29, 1.82) is 0 Å². The van der Waals surface area contributed by atoms with Gasteiger partial charge in [-0.2, -0.15) is 5.10 Å². The number of hydrogen-bond donors (Lipinski definition) is 2. The van der Waals surface area contributed by atoms with E-state index < -0.39 is 0 Å². The quantitative estimate of drug-likeness (QED) is 0.334. The SMILES string of the molecule is COc1cc(/C=N/NC(=O)c2cc(-c3ccc(C)cc3)nc3ccccc23)cc(OC)c1O. The molecule has 1 amide bonds. The molecule has 1 heterocycles. The summed E-state index contributed by atoms with van der Waals surface area (Å²) in [4.78, 5) is 17.8. The lowest BCUT2D eigenvalue weighted by Gasteiger charge is -2.10. The summed E-state index contributed by atoms with van der Waals surface area (Å²) < 4.78 is 10.3. The summed E-state index contributed by atoms with van der Waals surface area (Å²) >= 11 is 0. The Morgan fingerprint density at radius 2 is 1.67 bits per heavy atom. The standard InChI is InChI=1S/C26H23N3O4/c1-16-8-10-18(11-9-16)22-14-20(19-6-4-5-7-21(19)28-22)26(31)29-27-15-17-12-23(32-2)25(30)24(13-17)33-3/h4-15,30H,1-3H3,(H,29,31)/b27-15+. The molecule has 166 valence electrons. The Labute approximate surface area is 191 Å². The monoisotopic (exact) mass is 441 g/mol. The molecule has 0 aliphatic carbocycles. The highest BCUT2D eigenvalue weighted by molar-refractivity contribution is 6.07. The second-order valence-electron chi connectivity index (χ2n) is 7.41. The molecule has 7 nitrogen and oxygen atoms in total. The van der Waals surface area contributed by atoms with Crippen LogP contribution in [-0.4, -0.2) is 36.4 Å². The maximum atomic E-state index is 13.0. The lowest BCUT2D eigenvalue weighted by Crippen LogP contribution is -2.18. The van der Waals surface area contributed by atoms with Crippen LogP contribution in [0.15, 0.2) is 71.8 Å². The maximum Gasteiger partial charge on any atom is 0.272 e. The minimum Gasteiger partial charge on any atom is -0.502 e. The first-order valence-electron chi connectivity index (χ1n) is 10.3. The van der Waals surface area contributed by atoms with Gasteiger partial charge in [0, 0.05) is 16.5 Å². The molecule has 0 spiro atoms. The van der Waals surface area contributed by atoms with Crippen LogP contribution in [0.3, 0.4) is 0 Å². The average molecular weight is 441 g/mol. The smallest absolute Gasteiger partial charge is 0.272 e. The van der Waals surface area contributed by atoms with Crippen molar-refractivity contribution in [3.8, 4) is 28.5 Å². The molecule has 4 aromatic rings. The lowest BCUT2D eigenvalue weighted by molar-refractivity contribution is 0.0956. The number of phenols is 1. The van der Waals surface area contributed by atoms with Crippen molar-refractivity contribution in [3.63, 3.8) is 0 Å². The Hall–Kier alpha value is -4.39. The molecule has 0 saturated carbocycles. The molecule has 0 bridgehead atoms. The van der Waals surface area contributed by atoms with Crippen LogP contribution in [0.1, 0.15) is 21.5 Å². The van der Waals surface area contributed by atoms with Gasteiger partial charge in [0.2, 0.25) is 5.75 Å². The second-order valence-corrected chi connectivity index (χ2v) is 7.41. The number of aromatic nitrogens is 1. The summed E-state index contributed by atoms with van der Waals surface area (Å²) in [7, 11) is 2.88. The molecule has 7 heteroatoms. The van der Waals surface area contributed by atoms with Gasteiger partial charge < -0.3 is 14.6 Å². The molecule has 4 rings (SSSR count). The van der Waals surface area contributed by atoms with E-state index in [9.17, 15) is 9.90 Å².